The zero-order valence-electron chi connectivity index (χ0n) is 29.2. The first-order chi connectivity index (χ1) is 23.6. The number of hydrogen-bond donors (Lipinski definition) is 3. The fourth-order valence-electron chi connectivity index (χ4n) is 5.70. The fraction of sp³-hybridized carbons (Fsp3) is 0.447. The van der Waals surface area contributed by atoms with E-state index in [1.165, 1.54) is 0 Å². The molecule has 0 unspecified atom stereocenters. The topological polar surface area (TPSA) is 130 Å². The molecule has 3 aromatic rings. The number of ether oxygens (including phenoxy) is 3. The van der Waals surface area contributed by atoms with Gasteiger partial charge in [-0.15, -0.1) is 0 Å². The lowest BCUT2D eigenvalue weighted by molar-refractivity contribution is -0.115. The van der Waals surface area contributed by atoms with Crippen molar-refractivity contribution in [2.45, 2.75) is 64.7 Å². The second-order valence-corrected chi connectivity index (χ2v) is 12.8. The van der Waals surface area contributed by atoms with E-state index < -0.39 is 12.1 Å². The Morgan fingerprint density at radius 1 is 1.02 bits per heavy atom. The number of amides is 4. The van der Waals surface area contributed by atoms with Gasteiger partial charge in [0.15, 0.2) is 0 Å². The highest BCUT2D eigenvalue weighted by Crippen LogP contribution is 2.29. The molecule has 3 aromatic carbocycles. The molecule has 49 heavy (non-hydrogen) atoms. The normalized spacial score (nSPS) is 19.4. The van der Waals surface area contributed by atoms with Crippen LogP contribution in [0.5, 0.6) is 11.5 Å². The average molecular weight is 675 g/mol. The van der Waals surface area contributed by atoms with Gasteiger partial charge in [0.05, 0.1) is 44.0 Å². The number of urea groups is 1. The molecule has 3 N–H and O–H groups in total. The molecular weight excluding hydrogens is 624 g/mol. The Bertz CT molecular complexity index is 1520. The first kappa shape index (κ1) is 37.2. The van der Waals surface area contributed by atoms with Crippen molar-refractivity contribution in [2.75, 3.05) is 51.1 Å². The Kier molecular flexibility index (Phi) is 13.8. The highest BCUT2D eigenvalue weighted by atomic mass is 16.5. The van der Waals surface area contributed by atoms with Crippen LogP contribution in [0.25, 0.3) is 0 Å². The monoisotopic (exact) mass is 674 g/mol. The Morgan fingerprint density at radius 3 is 2.43 bits per heavy atom. The van der Waals surface area contributed by atoms with Crippen LogP contribution in [0.1, 0.15) is 56.0 Å². The number of hydrogen-bond acceptors (Lipinski definition) is 7. The number of methoxy groups -OCH3 is 1. The molecule has 4 atom stereocenters. The Labute approximate surface area is 289 Å². The fourth-order valence-corrected chi connectivity index (χ4v) is 5.70. The lowest BCUT2D eigenvalue weighted by Crippen LogP contribution is -2.48. The van der Waals surface area contributed by atoms with Gasteiger partial charge in [0.1, 0.15) is 11.5 Å². The van der Waals surface area contributed by atoms with E-state index in [1.807, 2.05) is 44.2 Å². The summed E-state index contributed by atoms with van der Waals surface area (Å²) in [7, 11) is 3.30. The molecule has 4 rings (SSSR count). The van der Waals surface area contributed by atoms with Crippen LogP contribution >= 0.6 is 0 Å². The first-order valence-corrected chi connectivity index (χ1v) is 16.9. The first-order valence-electron chi connectivity index (χ1n) is 16.9. The van der Waals surface area contributed by atoms with Crippen molar-refractivity contribution in [3.05, 3.63) is 83.9 Å². The van der Waals surface area contributed by atoms with Crippen molar-refractivity contribution in [1.82, 2.24) is 9.80 Å². The van der Waals surface area contributed by atoms with E-state index in [0.717, 1.165) is 24.8 Å². The zero-order chi connectivity index (χ0) is 35.3. The summed E-state index contributed by atoms with van der Waals surface area (Å²) in [6.07, 6.45) is 2.01. The van der Waals surface area contributed by atoms with Gasteiger partial charge in [-0.3, -0.25) is 9.59 Å². The second kappa shape index (κ2) is 18.2. The molecule has 11 nitrogen and oxygen atoms in total. The number of fused-ring (bicyclic) bond motifs is 1. The number of carbonyl (C=O) groups excluding carboxylic acids is 3. The molecule has 0 spiro atoms. The van der Waals surface area contributed by atoms with Gasteiger partial charge in [0, 0.05) is 44.0 Å². The third kappa shape index (κ3) is 11.0. The number of anilines is 2. The Morgan fingerprint density at radius 2 is 1.73 bits per heavy atom. The van der Waals surface area contributed by atoms with E-state index in [4.69, 9.17) is 14.2 Å². The van der Waals surface area contributed by atoms with Crippen LogP contribution in [0.4, 0.5) is 16.2 Å². The highest BCUT2D eigenvalue weighted by molar-refractivity contribution is 6.00. The molecule has 1 aliphatic rings. The number of rotatable bonds is 9. The molecule has 264 valence electrons. The lowest BCUT2D eigenvalue weighted by atomic mass is 10.0. The summed E-state index contributed by atoms with van der Waals surface area (Å²) in [6, 6.07) is 20.8. The van der Waals surface area contributed by atoms with Crippen LogP contribution < -0.4 is 20.1 Å². The average Bonchev–Trinajstić information content (AvgIpc) is 3.10. The number of nitrogens with zero attached hydrogens (tertiary/aromatic N) is 2. The predicted molar refractivity (Wildman–Crippen MR) is 190 cm³/mol. The standard InChI is InChI=1S/C38H50N4O7/c1-26-23-42(27(2)25-43)37(45)33-22-31(39-36(44)21-29-12-7-6-8-13-29)16-19-34(33)49-28(3)11-9-10-20-48-35(26)24-41(4)38(46)40-30-14-17-32(47-5)18-15-30/h6-8,12-19,22,26-28,35,43H,9-11,20-21,23-25H2,1-5H3,(H,39,44)(H,40,46)/t26-,27+,28-,35+/m0/s1. The number of aliphatic hydroxyl groups excluding tert-OH is 1. The van der Waals surface area contributed by atoms with Crippen LogP contribution in [0.2, 0.25) is 0 Å². The van der Waals surface area contributed by atoms with Gasteiger partial charge in [0.25, 0.3) is 5.91 Å². The maximum atomic E-state index is 14.4. The van der Waals surface area contributed by atoms with Gasteiger partial charge in [-0.05, 0) is 81.1 Å². The molecule has 4 amide bonds. The van der Waals surface area contributed by atoms with E-state index in [-0.39, 0.29) is 56.0 Å². The number of aliphatic hydroxyl groups is 1. The Hall–Kier alpha value is -4.61. The smallest absolute Gasteiger partial charge is 0.321 e. The second-order valence-electron chi connectivity index (χ2n) is 12.8. The predicted octanol–water partition coefficient (Wildman–Crippen LogP) is 5.84. The zero-order valence-corrected chi connectivity index (χ0v) is 29.2. The summed E-state index contributed by atoms with van der Waals surface area (Å²) in [5.41, 5.74) is 2.28. The highest BCUT2D eigenvalue weighted by Gasteiger charge is 2.31. The van der Waals surface area contributed by atoms with Crippen molar-refractivity contribution < 1.29 is 33.7 Å². The minimum atomic E-state index is -0.527. The van der Waals surface area contributed by atoms with Gasteiger partial charge < -0.3 is 39.8 Å². The van der Waals surface area contributed by atoms with Crippen LogP contribution in [-0.4, -0.2) is 91.5 Å². The van der Waals surface area contributed by atoms with Crippen molar-refractivity contribution in [3.8, 4) is 11.5 Å². The van der Waals surface area contributed by atoms with Crippen molar-refractivity contribution in [3.63, 3.8) is 0 Å². The molecule has 0 aromatic heterocycles. The molecule has 0 bridgehead atoms. The van der Waals surface area contributed by atoms with E-state index in [2.05, 4.69) is 10.6 Å². The van der Waals surface area contributed by atoms with Crippen LogP contribution in [0, 0.1) is 5.92 Å². The van der Waals surface area contributed by atoms with E-state index >= 15 is 0 Å². The lowest BCUT2D eigenvalue weighted by Gasteiger charge is -2.35. The number of nitrogens with one attached hydrogen (secondary N) is 2. The maximum Gasteiger partial charge on any atom is 0.321 e. The molecule has 0 saturated carbocycles. The molecule has 0 radical (unpaired) electrons. The van der Waals surface area contributed by atoms with Crippen LogP contribution in [0.15, 0.2) is 72.8 Å². The minimum absolute atomic E-state index is 0.181. The molecule has 1 heterocycles. The molecule has 0 fully saturated rings. The quantitative estimate of drug-likeness (QED) is 0.260. The van der Waals surface area contributed by atoms with Crippen LogP contribution in [0.3, 0.4) is 0 Å². The summed E-state index contributed by atoms with van der Waals surface area (Å²) >= 11 is 0. The van der Waals surface area contributed by atoms with Gasteiger partial charge >= 0.3 is 6.03 Å². The number of benzene rings is 3. The van der Waals surface area contributed by atoms with E-state index in [9.17, 15) is 19.5 Å². The molecular formula is C38H50N4O7. The largest absolute Gasteiger partial charge is 0.497 e. The van der Waals surface area contributed by atoms with Gasteiger partial charge in [-0.2, -0.15) is 0 Å². The van der Waals surface area contributed by atoms with Crippen LogP contribution in [-0.2, 0) is 16.0 Å². The van der Waals surface area contributed by atoms with Gasteiger partial charge in [0.2, 0.25) is 5.91 Å². The van der Waals surface area contributed by atoms with Crippen molar-refractivity contribution >= 4 is 29.2 Å². The Balaban J connectivity index is 1.56. The number of likely N-dealkylation sites (N-methyl/N-ethyl adjacent to an activating group) is 1. The summed E-state index contributed by atoms with van der Waals surface area (Å²) < 4.78 is 17.9. The molecule has 11 heteroatoms. The maximum absolute atomic E-state index is 14.4. The van der Waals surface area contributed by atoms with E-state index in [1.54, 1.807) is 73.3 Å². The third-order valence-electron chi connectivity index (χ3n) is 8.68. The van der Waals surface area contributed by atoms with Gasteiger partial charge in [-0.25, -0.2) is 4.79 Å². The minimum Gasteiger partial charge on any atom is -0.497 e. The SMILES string of the molecule is COc1ccc(NC(=O)N(C)C[C@H]2OCCCC[C@H](C)Oc3ccc(NC(=O)Cc4ccccc4)cc3C(=O)N([C@H](C)CO)C[C@@H]2C)cc1. The summed E-state index contributed by atoms with van der Waals surface area (Å²) in [5, 5.41) is 16.1. The summed E-state index contributed by atoms with van der Waals surface area (Å²) in [6.45, 7) is 6.50. The van der Waals surface area contributed by atoms with E-state index in [0.29, 0.717) is 35.0 Å². The third-order valence-corrected chi connectivity index (χ3v) is 8.68. The van der Waals surface area contributed by atoms with Crippen molar-refractivity contribution in [1.29, 1.82) is 0 Å². The molecule has 0 aliphatic carbocycles. The molecule has 0 saturated heterocycles. The number of carbonyl (C=O) groups is 3. The van der Waals surface area contributed by atoms with Gasteiger partial charge in [-0.1, -0.05) is 37.3 Å². The molecule has 1 aliphatic heterocycles. The van der Waals surface area contributed by atoms with Crippen molar-refractivity contribution in [2.24, 2.45) is 5.92 Å². The summed E-state index contributed by atoms with van der Waals surface area (Å²) in [5.74, 6) is 0.353. The summed E-state index contributed by atoms with van der Waals surface area (Å²) in [4.78, 5) is 43.6.